The van der Waals surface area contributed by atoms with Crippen LogP contribution in [0.4, 0.5) is 8.78 Å². The summed E-state index contributed by atoms with van der Waals surface area (Å²) in [6.07, 6.45) is -2.46. The molecule has 0 saturated heterocycles. The van der Waals surface area contributed by atoms with Gasteiger partial charge in [0.25, 0.3) is 6.43 Å². The fraction of sp³-hybridized carbons (Fsp3) is 0.143. The van der Waals surface area contributed by atoms with Gasteiger partial charge < -0.3 is 9.47 Å². The molecule has 0 saturated carbocycles. The highest BCUT2D eigenvalue weighted by molar-refractivity contribution is 5.36. The summed E-state index contributed by atoms with van der Waals surface area (Å²) >= 11 is 0. The molecule has 2 aromatic carbocycles. The molecular formula is C14H12F2O2. The number of hydrogen-bond donors (Lipinski definition) is 0. The van der Waals surface area contributed by atoms with Gasteiger partial charge in [-0.15, -0.1) is 0 Å². The zero-order chi connectivity index (χ0) is 13.0. The maximum atomic E-state index is 12.4. The third-order valence-electron chi connectivity index (χ3n) is 2.43. The maximum absolute atomic E-state index is 12.4. The Kier molecular flexibility index (Phi) is 3.77. The van der Waals surface area contributed by atoms with Crippen molar-refractivity contribution < 1.29 is 18.3 Å². The fourth-order valence-corrected chi connectivity index (χ4v) is 1.46. The van der Waals surface area contributed by atoms with Gasteiger partial charge in [-0.3, -0.25) is 0 Å². The van der Waals surface area contributed by atoms with E-state index in [9.17, 15) is 8.78 Å². The lowest BCUT2D eigenvalue weighted by Crippen LogP contribution is -1.87. The summed E-state index contributed by atoms with van der Waals surface area (Å²) in [5.41, 5.74) is -0.0166. The third kappa shape index (κ3) is 2.97. The van der Waals surface area contributed by atoms with Crippen LogP contribution in [0.2, 0.25) is 0 Å². The van der Waals surface area contributed by atoms with E-state index >= 15 is 0 Å². The Labute approximate surface area is 104 Å². The van der Waals surface area contributed by atoms with Gasteiger partial charge in [0.1, 0.15) is 17.2 Å². The summed E-state index contributed by atoms with van der Waals surface area (Å²) in [6, 6.07) is 12.8. The van der Waals surface area contributed by atoms with E-state index in [1.807, 2.05) is 0 Å². The minimum absolute atomic E-state index is 0.0166. The van der Waals surface area contributed by atoms with E-state index in [4.69, 9.17) is 9.47 Å². The molecule has 4 heteroatoms. The highest BCUT2D eigenvalue weighted by atomic mass is 19.3. The van der Waals surface area contributed by atoms with E-state index in [-0.39, 0.29) is 5.56 Å². The summed E-state index contributed by atoms with van der Waals surface area (Å²) in [6.45, 7) is 0. The summed E-state index contributed by atoms with van der Waals surface area (Å²) in [5.74, 6) is 1.88. The molecule has 0 bridgehead atoms. The van der Waals surface area contributed by atoms with Crippen LogP contribution in [0.5, 0.6) is 17.2 Å². The van der Waals surface area contributed by atoms with Gasteiger partial charge in [0.05, 0.1) is 7.11 Å². The van der Waals surface area contributed by atoms with Gasteiger partial charge in [-0.2, -0.15) is 0 Å². The van der Waals surface area contributed by atoms with Crippen LogP contribution >= 0.6 is 0 Å². The van der Waals surface area contributed by atoms with Crippen molar-refractivity contribution in [1.82, 2.24) is 0 Å². The van der Waals surface area contributed by atoms with Crippen molar-refractivity contribution in [2.24, 2.45) is 0 Å². The van der Waals surface area contributed by atoms with Gasteiger partial charge >= 0.3 is 0 Å². The minimum Gasteiger partial charge on any atom is -0.497 e. The first-order valence-corrected chi connectivity index (χ1v) is 5.39. The number of hydrogen-bond acceptors (Lipinski definition) is 2. The third-order valence-corrected chi connectivity index (χ3v) is 2.43. The van der Waals surface area contributed by atoms with E-state index < -0.39 is 6.43 Å². The molecular weight excluding hydrogens is 238 g/mol. The Balaban J connectivity index is 2.08. The first-order valence-electron chi connectivity index (χ1n) is 5.39. The van der Waals surface area contributed by atoms with Crippen molar-refractivity contribution in [1.29, 1.82) is 0 Å². The number of ether oxygens (including phenoxy) is 2. The van der Waals surface area contributed by atoms with Crippen LogP contribution in [0.1, 0.15) is 12.0 Å². The van der Waals surface area contributed by atoms with Gasteiger partial charge in [-0.05, 0) is 48.5 Å². The lowest BCUT2D eigenvalue weighted by Gasteiger charge is -2.07. The molecule has 18 heavy (non-hydrogen) atoms. The molecule has 0 amide bonds. The Morgan fingerprint density at radius 3 is 1.67 bits per heavy atom. The standard InChI is InChI=1S/C14H12F2O2/c1-17-11-6-8-13(9-7-11)18-12-4-2-10(3-5-12)14(15)16/h2-9,14H,1H3. The van der Waals surface area contributed by atoms with Crippen molar-refractivity contribution in [3.8, 4) is 17.2 Å². The molecule has 0 atom stereocenters. The zero-order valence-corrected chi connectivity index (χ0v) is 9.77. The van der Waals surface area contributed by atoms with Crippen LogP contribution in [0.3, 0.4) is 0 Å². The van der Waals surface area contributed by atoms with Crippen molar-refractivity contribution in [2.75, 3.05) is 7.11 Å². The van der Waals surface area contributed by atoms with E-state index in [1.54, 1.807) is 31.4 Å². The first kappa shape index (κ1) is 12.4. The molecule has 0 heterocycles. The Morgan fingerprint density at radius 2 is 1.22 bits per heavy atom. The molecule has 2 nitrogen and oxygen atoms in total. The molecule has 2 aromatic rings. The maximum Gasteiger partial charge on any atom is 0.263 e. The van der Waals surface area contributed by atoms with Gasteiger partial charge in [-0.25, -0.2) is 8.78 Å². The summed E-state index contributed by atoms with van der Waals surface area (Å²) in [5, 5.41) is 0. The van der Waals surface area contributed by atoms with Crippen molar-refractivity contribution >= 4 is 0 Å². The smallest absolute Gasteiger partial charge is 0.263 e. The van der Waals surface area contributed by atoms with Gasteiger partial charge in [0.2, 0.25) is 0 Å². The van der Waals surface area contributed by atoms with E-state index in [0.717, 1.165) is 5.75 Å². The normalized spacial score (nSPS) is 10.4. The molecule has 0 aliphatic carbocycles. The van der Waals surface area contributed by atoms with Gasteiger partial charge in [0, 0.05) is 5.56 Å². The number of halogens is 2. The lowest BCUT2D eigenvalue weighted by molar-refractivity contribution is 0.151. The predicted octanol–water partition coefficient (Wildman–Crippen LogP) is 4.43. The van der Waals surface area contributed by atoms with Gasteiger partial charge in [0.15, 0.2) is 0 Å². The number of rotatable bonds is 4. The Morgan fingerprint density at radius 1 is 0.778 bits per heavy atom. The molecule has 0 spiro atoms. The average molecular weight is 250 g/mol. The number of alkyl halides is 2. The molecule has 94 valence electrons. The van der Waals surface area contributed by atoms with Crippen LogP contribution < -0.4 is 9.47 Å². The molecule has 0 aliphatic rings. The molecule has 2 rings (SSSR count). The van der Waals surface area contributed by atoms with Crippen LogP contribution in [0.15, 0.2) is 48.5 Å². The Bertz CT molecular complexity index is 492. The largest absolute Gasteiger partial charge is 0.497 e. The van der Waals surface area contributed by atoms with Crippen LogP contribution in [0.25, 0.3) is 0 Å². The lowest BCUT2D eigenvalue weighted by atomic mass is 10.2. The number of methoxy groups -OCH3 is 1. The Hall–Kier alpha value is -2.10. The van der Waals surface area contributed by atoms with Crippen molar-refractivity contribution in [2.45, 2.75) is 6.43 Å². The van der Waals surface area contributed by atoms with Crippen molar-refractivity contribution in [3.63, 3.8) is 0 Å². The highest BCUT2D eigenvalue weighted by Gasteiger charge is 2.06. The molecule has 0 unspecified atom stereocenters. The van der Waals surface area contributed by atoms with E-state index in [0.29, 0.717) is 11.5 Å². The van der Waals surface area contributed by atoms with Crippen LogP contribution in [0, 0.1) is 0 Å². The van der Waals surface area contributed by atoms with Crippen LogP contribution in [-0.2, 0) is 0 Å². The summed E-state index contributed by atoms with van der Waals surface area (Å²) < 4.78 is 35.2. The number of benzene rings is 2. The SMILES string of the molecule is COc1ccc(Oc2ccc(C(F)F)cc2)cc1. The predicted molar refractivity (Wildman–Crippen MR) is 64.5 cm³/mol. The average Bonchev–Trinajstić information content (AvgIpc) is 2.40. The molecule has 0 radical (unpaired) electrons. The quantitative estimate of drug-likeness (QED) is 0.799. The molecule has 0 N–H and O–H groups in total. The summed E-state index contributed by atoms with van der Waals surface area (Å²) in [4.78, 5) is 0. The van der Waals surface area contributed by atoms with Gasteiger partial charge in [-0.1, -0.05) is 0 Å². The topological polar surface area (TPSA) is 18.5 Å². The van der Waals surface area contributed by atoms with E-state index in [2.05, 4.69) is 0 Å². The second-order valence-corrected chi connectivity index (χ2v) is 3.65. The monoisotopic (exact) mass is 250 g/mol. The molecule has 0 aromatic heterocycles. The van der Waals surface area contributed by atoms with Crippen LogP contribution in [-0.4, -0.2) is 7.11 Å². The first-order chi connectivity index (χ1) is 8.69. The van der Waals surface area contributed by atoms with E-state index in [1.165, 1.54) is 24.3 Å². The second kappa shape index (κ2) is 5.49. The fourth-order valence-electron chi connectivity index (χ4n) is 1.46. The minimum atomic E-state index is -2.46. The molecule has 0 fully saturated rings. The second-order valence-electron chi connectivity index (χ2n) is 3.65. The summed E-state index contributed by atoms with van der Waals surface area (Å²) in [7, 11) is 1.58. The highest BCUT2D eigenvalue weighted by Crippen LogP contribution is 2.26. The van der Waals surface area contributed by atoms with Crippen molar-refractivity contribution in [3.05, 3.63) is 54.1 Å². The molecule has 0 aliphatic heterocycles. The zero-order valence-electron chi connectivity index (χ0n) is 9.77.